The Balaban J connectivity index is 1.95. The fraction of sp³-hybridized carbons (Fsp3) is 0.0909. The Bertz CT molecular complexity index is 673. The average molecular weight is 265 g/mol. The molecule has 86 valence electrons. The van der Waals surface area contributed by atoms with Gasteiger partial charge in [-0.15, -0.1) is 0 Å². The van der Waals surface area contributed by atoms with Crippen molar-refractivity contribution in [3.05, 3.63) is 35.6 Å². The number of benzene rings is 1. The lowest BCUT2D eigenvalue weighted by molar-refractivity contribution is 0.768. The summed E-state index contributed by atoms with van der Waals surface area (Å²) < 4.78 is 2.82. The van der Waals surface area contributed by atoms with Crippen LogP contribution < -0.4 is 5.32 Å². The lowest BCUT2D eigenvalue weighted by atomic mass is 10.3. The van der Waals surface area contributed by atoms with Crippen LogP contribution in [0.15, 0.2) is 30.6 Å². The van der Waals surface area contributed by atoms with Crippen LogP contribution in [0.5, 0.6) is 0 Å². The molecule has 0 saturated heterocycles. The summed E-state index contributed by atoms with van der Waals surface area (Å²) in [7, 11) is 1.88. The molecule has 0 amide bonds. The molecule has 0 bridgehead atoms. The number of hydrogen-bond donors (Lipinski definition) is 1. The Hall–Kier alpha value is -1.59. The number of anilines is 2. The van der Waals surface area contributed by atoms with Crippen LogP contribution in [-0.2, 0) is 7.05 Å². The second-order valence-electron chi connectivity index (χ2n) is 3.66. The molecule has 3 aromatic rings. The zero-order valence-electron chi connectivity index (χ0n) is 9.01. The van der Waals surface area contributed by atoms with Gasteiger partial charge in [0.2, 0.25) is 0 Å². The second-order valence-corrected chi connectivity index (χ2v) is 5.13. The van der Waals surface area contributed by atoms with E-state index in [-0.39, 0.29) is 0 Å². The van der Waals surface area contributed by atoms with Gasteiger partial charge in [0.15, 0.2) is 5.13 Å². The van der Waals surface area contributed by atoms with Crippen LogP contribution in [0.25, 0.3) is 10.2 Å². The number of aryl methyl sites for hydroxylation is 1. The van der Waals surface area contributed by atoms with Gasteiger partial charge in [-0.3, -0.25) is 4.68 Å². The largest absolute Gasteiger partial charge is 0.329 e. The maximum Gasteiger partial charge on any atom is 0.188 e. The number of halogens is 1. The molecule has 0 radical (unpaired) electrons. The van der Waals surface area contributed by atoms with Crippen molar-refractivity contribution in [3.63, 3.8) is 0 Å². The molecule has 2 heterocycles. The van der Waals surface area contributed by atoms with E-state index < -0.39 is 0 Å². The predicted molar refractivity (Wildman–Crippen MR) is 71.1 cm³/mol. The van der Waals surface area contributed by atoms with Crippen LogP contribution >= 0.6 is 22.9 Å². The molecule has 0 spiro atoms. The SMILES string of the molecule is Cn1cc(Nc2nc3ccc(Cl)cc3s2)cn1. The van der Waals surface area contributed by atoms with Gasteiger partial charge < -0.3 is 5.32 Å². The minimum absolute atomic E-state index is 0.731. The number of nitrogens with one attached hydrogen (secondary N) is 1. The van der Waals surface area contributed by atoms with Crippen molar-refractivity contribution < 1.29 is 0 Å². The van der Waals surface area contributed by atoms with E-state index >= 15 is 0 Å². The van der Waals surface area contributed by atoms with Crippen molar-refractivity contribution in [1.29, 1.82) is 0 Å². The Morgan fingerprint density at radius 2 is 2.29 bits per heavy atom. The van der Waals surface area contributed by atoms with E-state index in [4.69, 9.17) is 11.6 Å². The van der Waals surface area contributed by atoms with Crippen LogP contribution in [0.3, 0.4) is 0 Å². The van der Waals surface area contributed by atoms with Crippen molar-refractivity contribution in [2.45, 2.75) is 0 Å². The Kier molecular flexibility index (Phi) is 2.49. The van der Waals surface area contributed by atoms with Crippen molar-refractivity contribution in [2.24, 2.45) is 7.05 Å². The highest BCUT2D eigenvalue weighted by Crippen LogP contribution is 2.29. The minimum Gasteiger partial charge on any atom is -0.329 e. The summed E-state index contributed by atoms with van der Waals surface area (Å²) in [5, 5.41) is 8.88. The molecule has 17 heavy (non-hydrogen) atoms. The number of nitrogens with zero attached hydrogens (tertiary/aromatic N) is 3. The third-order valence-corrected chi connectivity index (χ3v) is 3.48. The first-order valence-corrected chi connectivity index (χ1v) is 6.22. The lowest BCUT2D eigenvalue weighted by Crippen LogP contribution is -1.87. The smallest absolute Gasteiger partial charge is 0.188 e. The molecular formula is C11H9ClN4S. The first kappa shape index (κ1) is 10.6. The summed E-state index contributed by atoms with van der Waals surface area (Å²) in [6.07, 6.45) is 3.66. The predicted octanol–water partition coefficient (Wildman–Crippen LogP) is 3.43. The molecule has 0 aliphatic rings. The van der Waals surface area contributed by atoms with Gasteiger partial charge in [-0.1, -0.05) is 22.9 Å². The molecule has 0 saturated carbocycles. The van der Waals surface area contributed by atoms with E-state index in [0.717, 1.165) is 26.1 Å². The number of rotatable bonds is 2. The number of aromatic nitrogens is 3. The van der Waals surface area contributed by atoms with E-state index in [2.05, 4.69) is 15.4 Å². The van der Waals surface area contributed by atoms with Crippen LogP contribution in [0.1, 0.15) is 0 Å². The maximum absolute atomic E-state index is 5.94. The molecule has 2 aromatic heterocycles. The fourth-order valence-corrected chi connectivity index (χ4v) is 2.72. The summed E-state index contributed by atoms with van der Waals surface area (Å²) in [6.45, 7) is 0. The normalized spacial score (nSPS) is 10.9. The zero-order chi connectivity index (χ0) is 11.8. The third-order valence-electron chi connectivity index (χ3n) is 2.31. The summed E-state index contributed by atoms with van der Waals surface area (Å²) >= 11 is 7.51. The Morgan fingerprint density at radius 3 is 3.06 bits per heavy atom. The molecule has 4 nitrogen and oxygen atoms in total. The highest BCUT2D eigenvalue weighted by atomic mass is 35.5. The summed E-state index contributed by atoms with van der Waals surface area (Å²) in [5.41, 5.74) is 1.88. The van der Waals surface area contributed by atoms with E-state index in [9.17, 15) is 0 Å². The molecule has 1 aromatic carbocycles. The van der Waals surface area contributed by atoms with Gasteiger partial charge in [0, 0.05) is 18.3 Å². The lowest BCUT2D eigenvalue weighted by Gasteiger charge is -1.94. The molecule has 1 N–H and O–H groups in total. The van der Waals surface area contributed by atoms with Crippen molar-refractivity contribution in [3.8, 4) is 0 Å². The molecule has 3 rings (SSSR count). The van der Waals surface area contributed by atoms with Gasteiger partial charge in [0.1, 0.15) is 0 Å². The van der Waals surface area contributed by atoms with Crippen molar-refractivity contribution in [1.82, 2.24) is 14.8 Å². The van der Waals surface area contributed by atoms with Gasteiger partial charge in [0.05, 0.1) is 22.1 Å². The highest BCUT2D eigenvalue weighted by molar-refractivity contribution is 7.22. The second kappa shape index (κ2) is 4.01. The Morgan fingerprint density at radius 1 is 1.41 bits per heavy atom. The number of hydrogen-bond acceptors (Lipinski definition) is 4. The number of thiazole rings is 1. The van der Waals surface area contributed by atoms with Crippen LogP contribution in [0.2, 0.25) is 5.02 Å². The average Bonchev–Trinajstić information content (AvgIpc) is 2.84. The molecule has 0 fully saturated rings. The molecule has 0 unspecified atom stereocenters. The monoisotopic (exact) mass is 264 g/mol. The summed E-state index contributed by atoms with van der Waals surface area (Å²) in [4.78, 5) is 4.47. The highest BCUT2D eigenvalue weighted by Gasteiger charge is 2.05. The molecule has 0 aliphatic heterocycles. The zero-order valence-corrected chi connectivity index (χ0v) is 10.6. The maximum atomic E-state index is 5.94. The van der Waals surface area contributed by atoms with Crippen LogP contribution in [-0.4, -0.2) is 14.8 Å². The fourth-order valence-electron chi connectivity index (χ4n) is 1.56. The van der Waals surface area contributed by atoms with E-state index in [1.165, 1.54) is 0 Å². The van der Waals surface area contributed by atoms with Gasteiger partial charge in [0.25, 0.3) is 0 Å². The van der Waals surface area contributed by atoms with E-state index in [0.29, 0.717) is 0 Å². The van der Waals surface area contributed by atoms with Gasteiger partial charge in [-0.2, -0.15) is 5.10 Å². The first-order chi connectivity index (χ1) is 8.20. The van der Waals surface area contributed by atoms with E-state index in [1.54, 1.807) is 22.2 Å². The third kappa shape index (κ3) is 2.11. The number of fused-ring (bicyclic) bond motifs is 1. The molecule has 0 aliphatic carbocycles. The molecular weight excluding hydrogens is 256 g/mol. The summed E-state index contributed by atoms with van der Waals surface area (Å²) in [6, 6.07) is 5.68. The van der Waals surface area contributed by atoms with Gasteiger partial charge in [-0.05, 0) is 18.2 Å². The topological polar surface area (TPSA) is 42.7 Å². The molecule has 0 atom stereocenters. The Labute approximate surface area is 107 Å². The standard InChI is InChI=1S/C11H9ClN4S/c1-16-6-8(5-13-16)14-11-15-9-3-2-7(12)4-10(9)17-11/h2-6H,1H3,(H,14,15). The quantitative estimate of drug-likeness (QED) is 0.771. The van der Waals surface area contributed by atoms with Crippen molar-refractivity contribution in [2.75, 3.05) is 5.32 Å². The van der Waals surface area contributed by atoms with Gasteiger partial charge >= 0.3 is 0 Å². The van der Waals surface area contributed by atoms with Crippen molar-refractivity contribution >= 4 is 44.0 Å². The van der Waals surface area contributed by atoms with Gasteiger partial charge in [-0.25, -0.2) is 4.98 Å². The minimum atomic E-state index is 0.731. The van der Waals surface area contributed by atoms with Crippen LogP contribution in [0.4, 0.5) is 10.8 Å². The van der Waals surface area contributed by atoms with E-state index in [1.807, 2.05) is 31.4 Å². The summed E-state index contributed by atoms with van der Waals surface area (Å²) in [5.74, 6) is 0. The van der Waals surface area contributed by atoms with Crippen LogP contribution in [0, 0.1) is 0 Å². The molecule has 6 heteroatoms. The first-order valence-electron chi connectivity index (χ1n) is 5.02.